The van der Waals surface area contributed by atoms with Gasteiger partial charge in [-0.1, -0.05) is 30.3 Å². The Hall–Kier alpha value is -2.21. The average Bonchev–Trinajstić information content (AvgIpc) is 2.29. The number of carboxylic acid groups (broad SMARTS) is 2. The van der Waals surface area contributed by atoms with Crippen LogP contribution in [0.5, 0.6) is 0 Å². The summed E-state index contributed by atoms with van der Waals surface area (Å²) in [7, 11) is 0. The quantitative estimate of drug-likeness (QED) is 0.489. The molecular formula is C11H11NO5. The van der Waals surface area contributed by atoms with Crippen LogP contribution < -0.4 is 5.73 Å². The molecular weight excluding hydrogens is 226 g/mol. The average molecular weight is 237 g/mol. The van der Waals surface area contributed by atoms with E-state index in [0.29, 0.717) is 0 Å². The summed E-state index contributed by atoms with van der Waals surface area (Å²) in [5, 5.41) is 17.5. The molecule has 0 saturated carbocycles. The molecule has 4 N–H and O–H groups in total. The Morgan fingerprint density at radius 3 is 1.94 bits per heavy atom. The molecule has 17 heavy (non-hydrogen) atoms. The number of aliphatic carboxylic acids is 2. The van der Waals surface area contributed by atoms with Crippen molar-refractivity contribution in [1.29, 1.82) is 0 Å². The lowest BCUT2D eigenvalue weighted by Gasteiger charge is -2.15. The van der Waals surface area contributed by atoms with E-state index >= 15 is 0 Å². The molecule has 0 aromatic heterocycles. The van der Waals surface area contributed by atoms with Crippen LogP contribution in [0, 0.1) is 5.92 Å². The molecule has 0 aliphatic rings. The van der Waals surface area contributed by atoms with Crippen LogP contribution in [-0.2, 0) is 9.59 Å². The second-order valence-electron chi connectivity index (χ2n) is 3.41. The number of Topliss-reactive ketones (excluding diaryl/α,β-unsaturated/α-hetero) is 1. The van der Waals surface area contributed by atoms with Gasteiger partial charge < -0.3 is 15.9 Å². The first-order valence-corrected chi connectivity index (χ1v) is 4.75. The molecule has 1 aromatic carbocycles. The van der Waals surface area contributed by atoms with Crippen molar-refractivity contribution in [2.24, 2.45) is 11.7 Å². The van der Waals surface area contributed by atoms with Crippen molar-refractivity contribution in [1.82, 2.24) is 0 Å². The number of benzene rings is 1. The molecule has 0 radical (unpaired) electrons. The molecule has 0 heterocycles. The minimum atomic E-state index is -1.78. The maximum atomic E-state index is 11.8. The minimum absolute atomic E-state index is 0.122. The van der Waals surface area contributed by atoms with Crippen LogP contribution in [0.2, 0.25) is 0 Å². The summed E-state index contributed by atoms with van der Waals surface area (Å²) < 4.78 is 0. The number of ketones is 1. The molecule has 0 amide bonds. The van der Waals surface area contributed by atoms with Crippen molar-refractivity contribution < 1.29 is 24.6 Å². The van der Waals surface area contributed by atoms with E-state index in [9.17, 15) is 14.4 Å². The fourth-order valence-corrected chi connectivity index (χ4v) is 1.35. The van der Waals surface area contributed by atoms with Gasteiger partial charge in [-0.15, -0.1) is 0 Å². The standard InChI is InChI=1S/C11H11NO5/c12-8(11(16)17)7(10(14)15)9(13)6-4-2-1-3-5-6/h1-5,7-8H,12H2,(H,14,15)(H,16,17). The van der Waals surface area contributed by atoms with E-state index in [0.717, 1.165) is 0 Å². The normalized spacial score (nSPS) is 13.7. The van der Waals surface area contributed by atoms with E-state index in [4.69, 9.17) is 15.9 Å². The van der Waals surface area contributed by atoms with Gasteiger partial charge in [0, 0.05) is 5.56 Å². The summed E-state index contributed by atoms with van der Waals surface area (Å²) >= 11 is 0. The van der Waals surface area contributed by atoms with Gasteiger partial charge in [0.15, 0.2) is 5.78 Å². The van der Waals surface area contributed by atoms with Gasteiger partial charge in [-0.3, -0.25) is 14.4 Å². The van der Waals surface area contributed by atoms with E-state index in [1.165, 1.54) is 12.1 Å². The van der Waals surface area contributed by atoms with Crippen molar-refractivity contribution in [3.8, 4) is 0 Å². The zero-order valence-corrected chi connectivity index (χ0v) is 8.74. The lowest BCUT2D eigenvalue weighted by atomic mass is 9.91. The SMILES string of the molecule is NC(C(=O)O)C(C(=O)O)C(=O)c1ccccc1. The van der Waals surface area contributed by atoms with Crippen molar-refractivity contribution in [2.45, 2.75) is 6.04 Å². The first-order chi connectivity index (χ1) is 7.95. The molecule has 2 unspecified atom stereocenters. The van der Waals surface area contributed by atoms with Crippen LogP contribution in [0.3, 0.4) is 0 Å². The second kappa shape index (κ2) is 5.22. The number of hydrogen-bond acceptors (Lipinski definition) is 4. The van der Waals surface area contributed by atoms with Crippen LogP contribution in [0.25, 0.3) is 0 Å². The van der Waals surface area contributed by atoms with Gasteiger partial charge in [0.1, 0.15) is 12.0 Å². The van der Waals surface area contributed by atoms with Crippen molar-refractivity contribution in [3.63, 3.8) is 0 Å². The predicted molar refractivity (Wildman–Crippen MR) is 57.5 cm³/mol. The zero-order valence-electron chi connectivity index (χ0n) is 8.74. The number of nitrogens with two attached hydrogens (primary N) is 1. The predicted octanol–water partition coefficient (Wildman–Crippen LogP) is -0.0180. The first-order valence-electron chi connectivity index (χ1n) is 4.75. The molecule has 6 nitrogen and oxygen atoms in total. The topological polar surface area (TPSA) is 118 Å². The monoisotopic (exact) mass is 237 g/mol. The van der Waals surface area contributed by atoms with Gasteiger partial charge in [0.2, 0.25) is 0 Å². The fraction of sp³-hybridized carbons (Fsp3) is 0.182. The van der Waals surface area contributed by atoms with Gasteiger partial charge in [0.05, 0.1) is 0 Å². The van der Waals surface area contributed by atoms with Crippen LogP contribution in [0.15, 0.2) is 30.3 Å². The highest BCUT2D eigenvalue weighted by atomic mass is 16.4. The summed E-state index contributed by atoms with van der Waals surface area (Å²) in [5.74, 6) is -5.67. The van der Waals surface area contributed by atoms with Gasteiger partial charge in [-0.25, -0.2) is 0 Å². The number of carbonyl (C=O) groups is 3. The Morgan fingerprint density at radius 1 is 1.00 bits per heavy atom. The van der Waals surface area contributed by atoms with Crippen molar-refractivity contribution in [3.05, 3.63) is 35.9 Å². The first kappa shape index (κ1) is 12.9. The summed E-state index contributed by atoms with van der Waals surface area (Å²) in [4.78, 5) is 33.3. The third kappa shape index (κ3) is 2.88. The molecule has 0 aliphatic carbocycles. The van der Waals surface area contributed by atoms with E-state index in [2.05, 4.69) is 0 Å². The van der Waals surface area contributed by atoms with Gasteiger partial charge in [-0.05, 0) is 0 Å². The highest BCUT2D eigenvalue weighted by molar-refractivity contribution is 6.11. The van der Waals surface area contributed by atoms with Gasteiger partial charge >= 0.3 is 11.9 Å². The molecule has 6 heteroatoms. The van der Waals surface area contributed by atoms with E-state index in [1.807, 2.05) is 0 Å². The highest BCUT2D eigenvalue weighted by Crippen LogP contribution is 2.12. The number of carboxylic acids is 2. The Labute approximate surface area is 96.7 Å². The molecule has 1 rings (SSSR count). The highest BCUT2D eigenvalue weighted by Gasteiger charge is 2.37. The third-order valence-corrected chi connectivity index (χ3v) is 2.25. The lowest BCUT2D eigenvalue weighted by molar-refractivity contribution is -0.148. The summed E-state index contributed by atoms with van der Waals surface area (Å²) in [6, 6.07) is 5.82. The maximum Gasteiger partial charge on any atom is 0.321 e. The maximum absolute atomic E-state index is 11.8. The van der Waals surface area contributed by atoms with Crippen molar-refractivity contribution in [2.75, 3.05) is 0 Å². The third-order valence-electron chi connectivity index (χ3n) is 2.25. The van der Waals surface area contributed by atoms with E-state index < -0.39 is 29.7 Å². The smallest absolute Gasteiger partial charge is 0.321 e. The fourth-order valence-electron chi connectivity index (χ4n) is 1.35. The largest absolute Gasteiger partial charge is 0.481 e. The zero-order chi connectivity index (χ0) is 13.0. The van der Waals surface area contributed by atoms with Crippen LogP contribution in [-0.4, -0.2) is 34.0 Å². The second-order valence-corrected chi connectivity index (χ2v) is 3.41. The molecule has 0 aliphatic heterocycles. The minimum Gasteiger partial charge on any atom is -0.481 e. The Bertz CT molecular complexity index is 442. The van der Waals surface area contributed by atoms with Crippen molar-refractivity contribution >= 4 is 17.7 Å². The molecule has 1 aromatic rings. The lowest BCUT2D eigenvalue weighted by Crippen LogP contribution is -2.46. The molecule has 0 saturated heterocycles. The Kier molecular flexibility index (Phi) is 3.95. The van der Waals surface area contributed by atoms with E-state index in [1.54, 1.807) is 18.2 Å². The number of rotatable bonds is 5. The van der Waals surface area contributed by atoms with Gasteiger partial charge in [-0.2, -0.15) is 0 Å². The molecule has 0 fully saturated rings. The number of carbonyl (C=O) groups excluding carboxylic acids is 1. The molecule has 90 valence electrons. The van der Waals surface area contributed by atoms with E-state index in [-0.39, 0.29) is 5.56 Å². The summed E-state index contributed by atoms with van der Waals surface area (Å²) in [5.41, 5.74) is 5.32. The Morgan fingerprint density at radius 2 is 1.53 bits per heavy atom. The molecule has 0 bridgehead atoms. The number of hydrogen-bond donors (Lipinski definition) is 3. The molecule has 0 spiro atoms. The summed E-state index contributed by atoms with van der Waals surface area (Å²) in [6.45, 7) is 0. The summed E-state index contributed by atoms with van der Waals surface area (Å²) in [6.07, 6.45) is 0. The Balaban J connectivity index is 3.05. The molecule has 2 atom stereocenters. The van der Waals surface area contributed by atoms with Gasteiger partial charge in [0.25, 0.3) is 0 Å². The van der Waals surface area contributed by atoms with Crippen LogP contribution in [0.4, 0.5) is 0 Å². The van der Waals surface area contributed by atoms with Crippen LogP contribution >= 0.6 is 0 Å². The van der Waals surface area contributed by atoms with Crippen LogP contribution in [0.1, 0.15) is 10.4 Å².